The summed E-state index contributed by atoms with van der Waals surface area (Å²) in [6.45, 7) is 2.40. The minimum absolute atomic E-state index is 0.288. The van der Waals surface area contributed by atoms with Crippen LogP contribution in [0, 0.1) is 11.3 Å². The summed E-state index contributed by atoms with van der Waals surface area (Å²) in [5.41, 5.74) is 2.95. The van der Waals surface area contributed by atoms with Crippen LogP contribution in [-0.2, 0) is 0 Å². The predicted octanol–water partition coefficient (Wildman–Crippen LogP) is 4.35. The van der Waals surface area contributed by atoms with E-state index in [0.29, 0.717) is 34.9 Å². The summed E-state index contributed by atoms with van der Waals surface area (Å²) in [6, 6.07) is 18.1. The van der Waals surface area contributed by atoms with Gasteiger partial charge < -0.3 is 15.4 Å². The molecule has 0 saturated carbocycles. The number of nitrogens with zero attached hydrogens (tertiary/aromatic N) is 2. The molecule has 0 saturated heterocycles. The van der Waals surface area contributed by atoms with Crippen molar-refractivity contribution in [3.8, 4) is 11.8 Å². The van der Waals surface area contributed by atoms with E-state index in [2.05, 4.69) is 21.7 Å². The van der Waals surface area contributed by atoms with Gasteiger partial charge in [-0.15, -0.1) is 0 Å². The van der Waals surface area contributed by atoms with Gasteiger partial charge in [0.2, 0.25) is 0 Å². The van der Waals surface area contributed by atoms with Gasteiger partial charge in [-0.1, -0.05) is 18.2 Å². The van der Waals surface area contributed by atoms with Crippen molar-refractivity contribution >= 4 is 23.0 Å². The van der Waals surface area contributed by atoms with Crippen molar-refractivity contribution in [2.75, 3.05) is 17.2 Å². The second kappa shape index (κ2) is 8.50. The van der Waals surface area contributed by atoms with Gasteiger partial charge in [0.15, 0.2) is 0 Å². The molecular formula is C21H18N4O2. The lowest BCUT2D eigenvalue weighted by atomic mass is 10.2. The number of hydrogen-bond acceptors (Lipinski definition) is 5. The van der Waals surface area contributed by atoms with E-state index in [0.717, 1.165) is 5.69 Å². The Kier molecular flexibility index (Phi) is 5.65. The highest BCUT2D eigenvalue weighted by molar-refractivity contribution is 6.05. The van der Waals surface area contributed by atoms with Crippen molar-refractivity contribution in [2.24, 2.45) is 0 Å². The molecule has 3 rings (SSSR count). The van der Waals surface area contributed by atoms with Crippen molar-refractivity contribution < 1.29 is 9.53 Å². The van der Waals surface area contributed by atoms with Crippen molar-refractivity contribution in [1.29, 1.82) is 5.26 Å². The molecule has 0 atom stereocenters. The fourth-order valence-electron chi connectivity index (χ4n) is 2.51. The van der Waals surface area contributed by atoms with Crippen molar-refractivity contribution in [3.63, 3.8) is 0 Å². The maximum absolute atomic E-state index is 12.6. The maximum Gasteiger partial charge on any atom is 0.257 e. The van der Waals surface area contributed by atoms with Crippen LogP contribution in [-0.4, -0.2) is 17.5 Å². The molecule has 0 bridgehead atoms. The molecule has 1 aromatic heterocycles. The molecule has 0 fully saturated rings. The monoisotopic (exact) mass is 358 g/mol. The Hall–Kier alpha value is -3.85. The zero-order valence-electron chi connectivity index (χ0n) is 14.8. The molecule has 1 amide bonds. The second-order valence-corrected chi connectivity index (χ2v) is 5.66. The van der Waals surface area contributed by atoms with Gasteiger partial charge in [0.25, 0.3) is 5.91 Å². The summed E-state index contributed by atoms with van der Waals surface area (Å²) in [5, 5.41) is 15.0. The van der Waals surface area contributed by atoms with Gasteiger partial charge in [0.1, 0.15) is 5.75 Å². The number of ether oxygens (including phenoxy) is 1. The van der Waals surface area contributed by atoms with Gasteiger partial charge in [0.05, 0.1) is 41.4 Å². The van der Waals surface area contributed by atoms with Crippen LogP contribution in [0.3, 0.4) is 0 Å². The van der Waals surface area contributed by atoms with Crippen LogP contribution in [0.25, 0.3) is 0 Å². The van der Waals surface area contributed by atoms with Gasteiger partial charge in [-0.05, 0) is 43.3 Å². The Morgan fingerprint density at radius 1 is 1.11 bits per heavy atom. The zero-order chi connectivity index (χ0) is 19.1. The number of pyridine rings is 1. The first-order valence-corrected chi connectivity index (χ1v) is 8.45. The highest BCUT2D eigenvalue weighted by atomic mass is 16.5. The number of carbonyl (C=O) groups is 1. The highest BCUT2D eigenvalue weighted by Crippen LogP contribution is 2.25. The third kappa shape index (κ3) is 4.61. The van der Waals surface area contributed by atoms with E-state index >= 15 is 0 Å². The summed E-state index contributed by atoms with van der Waals surface area (Å²) in [4.78, 5) is 16.7. The second-order valence-electron chi connectivity index (χ2n) is 5.66. The van der Waals surface area contributed by atoms with Crippen LogP contribution in [0.4, 0.5) is 17.1 Å². The molecule has 6 nitrogen and oxygen atoms in total. The average Bonchev–Trinajstić information content (AvgIpc) is 2.70. The fraction of sp³-hybridized carbons (Fsp3) is 0.0952. The molecule has 3 aromatic rings. The molecule has 0 unspecified atom stereocenters. The molecule has 0 aliphatic carbocycles. The molecule has 1 heterocycles. The number of para-hydroxylation sites is 2. The molecule has 2 aromatic carbocycles. The molecule has 0 aliphatic heterocycles. The quantitative estimate of drug-likeness (QED) is 0.684. The molecule has 134 valence electrons. The zero-order valence-corrected chi connectivity index (χ0v) is 14.8. The van der Waals surface area contributed by atoms with Crippen LogP contribution in [0.2, 0.25) is 0 Å². The molecule has 0 aliphatic rings. The first kappa shape index (κ1) is 18.0. The topological polar surface area (TPSA) is 87.0 Å². The molecule has 0 spiro atoms. The number of rotatable bonds is 6. The lowest BCUT2D eigenvalue weighted by Gasteiger charge is -2.12. The van der Waals surface area contributed by atoms with Crippen LogP contribution < -0.4 is 15.4 Å². The number of benzene rings is 2. The Morgan fingerprint density at radius 3 is 2.78 bits per heavy atom. The van der Waals surface area contributed by atoms with Gasteiger partial charge in [-0.25, -0.2) is 0 Å². The van der Waals surface area contributed by atoms with E-state index in [4.69, 9.17) is 10.00 Å². The molecular weight excluding hydrogens is 340 g/mol. The number of hydrogen-bond donors (Lipinski definition) is 2. The standard InChI is InChI=1S/C21H18N4O2/c1-2-27-20-9-4-3-8-19(20)25-21(26)16-11-18(14-23-13-16)24-17-7-5-6-15(10-17)12-22/h3-11,13-14,24H,2H2,1H3,(H,25,26). The minimum atomic E-state index is -0.288. The van der Waals surface area contributed by atoms with E-state index < -0.39 is 0 Å². The van der Waals surface area contributed by atoms with Gasteiger partial charge in [-0.2, -0.15) is 5.26 Å². The summed E-state index contributed by atoms with van der Waals surface area (Å²) >= 11 is 0. The first-order valence-electron chi connectivity index (χ1n) is 8.45. The van der Waals surface area contributed by atoms with E-state index in [1.807, 2.05) is 25.1 Å². The molecule has 6 heteroatoms. The third-order valence-electron chi connectivity index (χ3n) is 3.72. The number of aromatic nitrogens is 1. The maximum atomic E-state index is 12.6. The Balaban J connectivity index is 1.77. The van der Waals surface area contributed by atoms with E-state index in [1.165, 1.54) is 6.20 Å². The highest BCUT2D eigenvalue weighted by Gasteiger charge is 2.11. The fourth-order valence-corrected chi connectivity index (χ4v) is 2.51. The number of amides is 1. The van der Waals surface area contributed by atoms with Gasteiger partial charge >= 0.3 is 0 Å². The van der Waals surface area contributed by atoms with Crippen LogP contribution >= 0.6 is 0 Å². The van der Waals surface area contributed by atoms with Crippen LogP contribution in [0.5, 0.6) is 5.75 Å². The third-order valence-corrected chi connectivity index (χ3v) is 3.72. The Morgan fingerprint density at radius 2 is 1.96 bits per heavy atom. The molecule has 2 N–H and O–H groups in total. The number of nitrogens with one attached hydrogen (secondary N) is 2. The van der Waals surface area contributed by atoms with Crippen LogP contribution in [0.15, 0.2) is 67.0 Å². The number of nitriles is 1. The largest absolute Gasteiger partial charge is 0.492 e. The number of carbonyl (C=O) groups excluding carboxylic acids is 1. The first-order chi connectivity index (χ1) is 13.2. The lowest BCUT2D eigenvalue weighted by molar-refractivity contribution is 0.102. The summed E-state index contributed by atoms with van der Waals surface area (Å²) in [7, 11) is 0. The average molecular weight is 358 g/mol. The lowest BCUT2D eigenvalue weighted by Crippen LogP contribution is -2.13. The normalized spacial score (nSPS) is 9.93. The summed E-state index contributed by atoms with van der Waals surface area (Å²) < 4.78 is 5.53. The smallest absolute Gasteiger partial charge is 0.257 e. The summed E-state index contributed by atoms with van der Waals surface area (Å²) in [6.07, 6.45) is 3.11. The van der Waals surface area contributed by atoms with E-state index in [1.54, 1.807) is 42.6 Å². The Bertz CT molecular complexity index is 995. The molecule has 0 radical (unpaired) electrons. The van der Waals surface area contributed by atoms with Crippen molar-refractivity contribution in [2.45, 2.75) is 6.92 Å². The SMILES string of the molecule is CCOc1ccccc1NC(=O)c1cncc(Nc2cccc(C#N)c2)c1. The van der Waals surface area contributed by atoms with Gasteiger partial charge in [-0.3, -0.25) is 9.78 Å². The summed E-state index contributed by atoms with van der Waals surface area (Å²) in [5.74, 6) is 0.327. The van der Waals surface area contributed by atoms with Gasteiger partial charge in [0, 0.05) is 11.9 Å². The van der Waals surface area contributed by atoms with E-state index in [-0.39, 0.29) is 5.91 Å². The van der Waals surface area contributed by atoms with Crippen molar-refractivity contribution in [1.82, 2.24) is 4.98 Å². The van der Waals surface area contributed by atoms with E-state index in [9.17, 15) is 4.79 Å². The van der Waals surface area contributed by atoms with Crippen LogP contribution in [0.1, 0.15) is 22.8 Å². The van der Waals surface area contributed by atoms with Crippen molar-refractivity contribution in [3.05, 3.63) is 78.1 Å². The Labute approximate surface area is 157 Å². The predicted molar refractivity (Wildman–Crippen MR) is 104 cm³/mol. The minimum Gasteiger partial charge on any atom is -0.492 e. The molecule has 27 heavy (non-hydrogen) atoms. The number of anilines is 3.